The van der Waals surface area contributed by atoms with Crippen LogP contribution in [0.4, 0.5) is 50.0 Å². The Balaban J connectivity index is 1.98. The number of para-hydroxylation sites is 1. The molecule has 5 nitrogen and oxygen atoms in total. The fraction of sp³-hybridized carbons (Fsp3) is 0.200. The van der Waals surface area contributed by atoms with Crippen LogP contribution < -0.4 is 10.1 Å². The summed E-state index contributed by atoms with van der Waals surface area (Å²) in [6.45, 7) is 0. The van der Waals surface area contributed by atoms with Gasteiger partial charge in [0.15, 0.2) is 5.75 Å². The first kappa shape index (κ1) is 24.9. The average molecular weight is 497 g/mol. The van der Waals surface area contributed by atoms with Crippen molar-refractivity contribution in [2.45, 2.75) is 18.5 Å². The Hall–Kier alpha value is -3.71. The van der Waals surface area contributed by atoms with Crippen molar-refractivity contribution in [1.82, 2.24) is 9.78 Å². The number of alkyl halides is 9. The van der Waals surface area contributed by atoms with Crippen LogP contribution in [0.2, 0.25) is 0 Å². The molecular weight excluding hydrogens is 485 g/mol. The number of rotatable bonds is 3. The summed E-state index contributed by atoms with van der Waals surface area (Å²) in [6.07, 6.45) is -15.9. The summed E-state index contributed by atoms with van der Waals surface area (Å²) in [5.74, 6) is -0.955. The molecule has 0 fully saturated rings. The highest BCUT2D eigenvalue weighted by atomic mass is 19.4. The van der Waals surface area contributed by atoms with Crippen molar-refractivity contribution in [1.29, 1.82) is 0 Å². The first-order valence-electron chi connectivity index (χ1n) is 9.04. The number of aromatic nitrogens is 2. The van der Waals surface area contributed by atoms with E-state index < -0.39 is 52.8 Å². The highest BCUT2D eigenvalue weighted by Gasteiger charge is 2.39. The molecule has 34 heavy (non-hydrogen) atoms. The number of nitrogens with one attached hydrogen (secondary N) is 1. The molecule has 1 aromatic heterocycles. The largest absolute Gasteiger partial charge is 0.438 e. The molecule has 0 aliphatic rings. The third-order valence-corrected chi connectivity index (χ3v) is 4.33. The van der Waals surface area contributed by atoms with Gasteiger partial charge in [-0.1, -0.05) is 18.2 Å². The van der Waals surface area contributed by atoms with E-state index in [2.05, 4.69) is 9.84 Å². The summed E-state index contributed by atoms with van der Waals surface area (Å²) >= 11 is 0. The number of carbonyl (C=O) groups excluding carboxylic acids is 1. The lowest BCUT2D eigenvalue weighted by molar-refractivity contribution is -0.143. The van der Waals surface area contributed by atoms with Gasteiger partial charge < -0.3 is 4.74 Å². The normalized spacial score (nSPS) is 12.5. The number of halogens is 9. The zero-order valence-electron chi connectivity index (χ0n) is 16.7. The molecule has 0 saturated heterocycles. The SMILES string of the molecule is Cn1cc(OC(=O)Nc2ccccc2-c2cc(C(F)(F)F)cc(C(F)(F)F)c2)c(C(F)(F)F)n1. The van der Waals surface area contributed by atoms with Crippen molar-refractivity contribution in [2.24, 2.45) is 7.05 Å². The minimum atomic E-state index is -5.11. The Morgan fingerprint density at radius 1 is 0.882 bits per heavy atom. The van der Waals surface area contributed by atoms with E-state index in [0.29, 0.717) is 12.1 Å². The lowest BCUT2D eigenvalue weighted by atomic mass is 9.98. The summed E-state index contributed by atoms with van der Waals surface area (Å²) in [4.78, 5) is 12.2. The molecule has 3 aromatic rings. The number of amides is 1. The molecule has 1 N–H and O–H groups in total. The van der Waals surface area contributed by atoms with E-state index >= 15 is 0 Å². The maximum Gasteiger partial charge on any atom is 0.438 e. The van der Waals surface area contributed by atoms with Crippen molar-refractivity contribution < 1.29 is 49.0 Å². The quantitative estimate of drug-likeness (QED) is 0.407. The molecular formula is C20H12F9N3O2. The number of hydrogen-bond donors (Lipinski definition) is 1. The fourth-order valence-electron chi connectivity index (χ4n) is 2.93. The number of ether oxygens (including phenoxy) is 1. The van der Waals surface area contributed by atoms with E-state index in [-0.39, 0.29) is 17.3 Å². The predicted octanol–water partition coefficient (Wildman–Crippen LogP) is 6.75. The lowest BCUT2D eigenvalue weighted by Gasteiger charge is -2.16. The monoisotopic (exact) mass is 497 g/mol. The zero-order valence-corrected chi connectivity index (χ0v) is 16.7. The second-order valence-electron chi connectivity index (χ2n) is 6.87. The first-order chi connectivity index (χ1) is 15.6. The molecule has 2 aromatic carbocycles. The average Bonchev–Trinajstić information content (AvgIpc) is 3.07. The molecule has 0 radical (unpaired) electrons. The van der Waals surface area contributed by atoms with Crippen LogP contribution in [0.3, 0.4) is 0 Å². The van der Waals surface area contributed by atoms with Crippen molar-refractivity contribution in [3.05, 3.63) is 65.5 Å². The van der Waals surface area contributed by atoms with Crippen LogP contribution in [-0.2, 0) is 25.6 Å². The Morgan fingerprint density at radius 2 is 1.44 bits per heavy atom. The van der Waals surface area contributed by atoms with Gasteiger partial charge in [0, 0.05) is 12.6 Å². The topological polar surface area (TPSA) is 56.1 Å². The van der Waals surface area contributed by atoms with E-state index in [0.717, 1.165) is 30.1 Å². The minimum absolute atomic E-state index is 0.0606. The van der Waals surface area contributed by atoms with Crippen LogP contribution in [0.15, 0.2) is 48.7 Å². The molecule has 1 heterocycles. The highest BCUT2D eigenvalue weighted by Crippen LogP contribution is 2.40. The third-order valence-electron chi connectivity index (χ3n) is 4.33. The smallest absolute Gasteiger partial charge is 0.406 e. The number of benzene rings is 2. The van der Waals surface area contributed by atoms with Gasteiger partial charge in [0.05, 0.1) is 23.0 Å². The molecule has 3 rings (SSSR count). The Bertz CT molecular complexity index is 1180. The van der Waals surface area contributed by atoms with E-state index in [1.807, 2.05) is 5.32 Å². The zero-order chi connectivity index (χ0) is 25.5. The molecule has 1 amide bonds. The molecule has 14 heteroatoms. The maximum atomic E-state index is 13.2. The second kappa shape index (κ2) is 8.57. The first-order valence-corrected chi connectivity index (χ1v) is 9.04. The molecule has 0 unspecified atom stereocenters. The van der Waals surface area contributed by atoms with Crippen molar-refractivity contribution in [2.75, 3.05) is 5.32 Å². The number of anilines is 1. The van der Waals surface area contributed by atoms with Gasteiger partial charge in [-0.05, 0) is 29.8 Å². The van der Waals surface area contributed by atoms with E-state index in [1.54, 1.807) is 0 Å². The van der Waals surface area contributed by atoms with Gasteiger partial charge in [-0.15, -0.1) is 0 Å². The molecule has 0 spiro atoms. The second-order valence-corrected chi connectivity index (χ2v) is 6.87. The van der Waals surface area contributed by atoms with Gasteiger partial charge in [0.2, 0.25) is 5.69 Å². The van der Waals surface area contributed by atoms with Crippen molar-refractivity contribution in [3.63, 3.8) is 0 Å². The van der Waals surface area contributed by atoms with Crippen LogP contribution >= 0.6 is 0 Å². The van der Waals surface area contributed by atoms with Crippen LogP contribution in [0.25, 0.3) is 11.1 Å². The number of nitrogens with zero attached hydrogens (tertiary/aromatic N) is 2. The summed E-state index contributed by atoms with van der Waals surface area (Å²) in [6, 6.07) is 5.65. The Morgan fingerprint density at radius 3 is 1.97 bits per heavy atom. The van der Waals surface area contributed by atoms with Crippen LogP contribution in [0.5, 0.6) is 5.75 Å². The molecule has 0 aliphatic heterocycles. The number of carbonyl (C=O) groups is 1. The molecule has 0 saturated carbocycles. The van der Waals surface area contributed by atoms with Gasteiger partial charge in [-0.3, -0.25) is 10.00 Å². The Kier molecular flexibility index (Phi) is 6.28. The van der Waals surface area contributed by atoms with E-state index in [9.17, 15) is 44.3 Å². The number of aryl methyl sites for hydroxylation is 1. The van der Waals surface area contributed by atoms with E-state index in [4.69, 9.17) is 0 Å². The number of hydrogen-bond acceptors (Lipinski definition) is 3. The molecule has 182 valence electrons. The minimum Gasteiger partial charge on any atom is -0.406 e. The Labute approximate surface area is 184 Å². The van der Waals surface area contributed by atoms with Gasteiger partial charge in [-0.25, -0.2) is 4.79 Å². The maximum absolute atomic E-state index is 13.2. The van der Waals surface area contributed by atoms with Gasteiger partial charge >= 0.3 is 24.6 Å². The molecule has 0 aliphatic carbocycles. The lowest BCUT2D eigenvalue weighted by Crippen LogP contribution is -2.19. The van der Waals surface area contributed by atoms with Crippen LogP contribution in [-0.4, -0.2) is 15.9 Å². The van der Waals surface area contributed by atoms with Gasteiger partial charge in [-0.2, -0.15) is 44.6 Å². The summed E-state index contributed by atoms with van der Waals surface area (Å²) in [5, 5.41) is 5.18. The summed E-state index contributed by atoms with van der Waals surface area (Å²) in [5.41, 5.74) is -5.79. The van der Waals surface area contributed by atoms with Gasteiger partial charge in [0.25, 0.3) is 0 Å². The highest BCUT2D eigenvalue weighted by molar-refractivity contribution is 5.92. The predicted molar refractivity (Wildman–Crippen MR) is 99.7 cm³/mol. The van der Waals surface area contributed by atoms with Crippen LogP contribution in [0, 0.1) is 0 Å². The standard InChI is InChI=1S/C20H12F9N3O2/c1-32-9-15(16(31-32)20(27,28)29)34-17(33)30-14-5-3-2-4-13(14)10-6-11(18(21,22)23)8-12(7-10)19(24,25)26/h2-9H,1H3,(H,30,33). The third kappa shape index (κ3) is 5.61. The summed E-state index contributed by atoms with van der Waals surface area (Å²) < 4.78 is 124. The summed E-state index contributed by atoms with van der Waals surface area (Å²) in [7, 11) is 1.14. The van der Waals surface area contributed by atoms with Crippen molar-refractivity contribution >= 4 is 11.8 Å². The van der Waals surface area contributed by atoms with Crippen molar-refractivity contribution in [3.8, 4) is 16.9 Å². The van der Waals surface area contributed by atoms with E-state index in [1.165, 1.54) is 12.1 Å². The molecule has 0 atom stereocenters. The van der Waals surface area contributed by atoms with Gasteiger partial charge in [0.1, 0.15) is 0 Å². The van der Waals surface area contributed by atoms with Crippen LogP contribution in [0.1, 0.15) is 16.8 Å². The fourth-order valence-corrected chi connectivity index (χ4v) is 2.93. The molecule has 0 bridgehead atoms.